The number of rotatable bonds is 8. The summed E-state index contributed by atoms with van der Waals surface area (Å²) < 4.78 is 7.37. The molecule has 176 valence electrons. The number of hydrogen-bond acceptors (Lipinski definition) is 5. The fourth-order valence-electron chi connectivity index (χ4n) is 3.94. The fraction of sp³-hybridized carbons (Fsp3) is 0.269. The molecule has 0 spiro atoms. The summed E-state index contributed by atoms with van der Waals surface area (Å²) in [6, 6.07) is 16.8. The van der Waals surface area contributed by atoms with E-state index in [0.29, 0.717) is 16.3 Å². The largest absolute Gasteiger partial charge is 0.476 e. The van der Waals surface area contributed by atoms with Crippen LogP contribution in [-0.2, 0) is 18.4 Å². The zero-order valence-corrected chi connectivity index (χ0v) is 20.1. The van der Waals surface area contributed by atoms with Crippen molar-refractivity contribution in [3.05, 3.63) is 77.1 Å². The van der Waals surface area contributed by atoms with Crippen LogP contribution in [0.2, 0.25) is 0 Å². The molecule has 0 radical (unpaired) electrons. The number of aryl methyl sites for hydroxylation is 1. The van der Waals surface area contributed by atoms with Gasteiger partial charge in [0.1, 0.15) is 11.6 Å². The van der Waals surface area contributed by atoms with Crippen molar-refractivity contribution >= 4 is 34.3 Å². The molecule has 7 nitrogen and oxygen atoms in total. The van der Waals surface area contributed by atoms with Gasteiger partial charge in [-0.3, -0.25) is 0 Å². The molecular weight excluding hydrogens is 450 g/mol. The quantitative estimate of drug-likeness (QED) is 0.324. The van der Waals surface area contributed by atoms with Gasteiger partial charge in [-0.2, -0.15) is 0 Å². The van der Waals surface area contributed by atoms with Gasteiger partial charge in [0, 0.05) is 29.7 Å². The number of nitrogens with one attached hydrogen (secondary N) is 1. The number of amides is 1. The third-order valence-electron chi connectivity index (χ3n) is 5.50. The van der Waals surface area contributed by atoms with E-state index in [1.807, 2.05) is 86.3 Å². The van der Waals surface area contributed by atoms with Crippen molar-refractivity contribution in [3.8, 4) is 10.4 Å². The number of nitrogens with zero attached hydrogens (tertiary/aromatic N) is 2. The molecule has 2 heterocycles. The third-order valence-corrected chi connectivity index (χ3v) is 6.70. The highest BCUT2D eigenvalue weighted by Gasteiger charge is 2.27. The van der Waals surface area contributed by atoms with Crippen molar-refractivity contribution < 1.29 is 19.4 Å². The Morgan fingerprint density at radius 1 is 1.12 bits per heavy atom. The maximum absolute atomic E-state index is 12.6. The molecule has 0 bridgehead atoms. The Balaban J connectivity index is 1.64. The van der Waals surface area contributed by atoms with Crippen LogP contribution in [0.25, 0.3) is 21.3 Å². The van der Waals surface area contributed by atoms with Crippen LogP contribution in [0.3, 0.4) is 0 Å². The first-order valence-corrected chi connectivity index (χ1v) is 11.9. The van der Waals surface area contributed by atoms with Crippen molar-refractivity contribution in [1.29, 1.82) is 0 Å². The van der Waals surface area contributed by atoms with Crippen LogP contribution in [0.4, 0.5) is 4.79 Å². The lowest BCUT2D eigenvalue weighted by Gasteiger charge is -2.18. The van der Waals surface area contributed by atoms with E-state index < -0.39 is 18.1 Å². The van der Waals surface area contributed by atoms with Crippen LogP contribution in [-0.4, -0.2) is 26.7 Å². The zero-order chi connectivity index (χ0) is 24.2. The highest BCUT2D eigenvalue weighted by atomic mass is 32.1. The van der Waals surface area contributed by atoms with Gasteiger partial charge in [0.15, 0.2) is 5.69 Å². The molecule has 0 saturated carbocycles. The van der Waals surface area contributed by atoms with E-state index in [-0.39, 0.29) is 18.2 Å². The lowest BCUT2D eigenvalue weighted by atomic mass is 10.0. The topological polar surface area (TPSA) is 93.4 Å². The second kappa shape index (κ2) is 10.1. The summed E-state index contributed by atoms with van der Waals surface area (Å²) >= 11 is 1.30. The van der Waals surface area contributed by atoms with E-state index in [1.165, 1.54) is 11.3 Å². The highest BCUT2D eigenvalue weighted by molar-refractivity contribution is 7.15. The summed E-state index contributed by atoms with van der Waals surface area (Å²) in [4.78, 5) is 29.7. The number of aromatic nitrogens is 2. The van der Waals surface area contributed by atoms with E-state index >= 15 is 0 Å². The molecule has 0 aliphatic heterocycles. The van der Waals surface area contributed by atoms with Gasteiger partial charge >= 0.3 is 12.1 Å². The van der Waals surface area contributed by atoms with Gasteiger partial charge in [-0.1, -0.05) is 62.4 Å². The summed E-state index contributed by atoms with van der Waals surface area (Å²) in [7, 11) is 1.93. The third kappa shape index (κ3) is 5.12. The first kappa shape index (κ1) is 23.5. The second-order valence-corrected chi connectivity index (χ2v) is 9.62. The minimum Gasteiger partial charge on any atom is -0.476 e. The number of thiazole rings is 1. The molecule has 4 rings (SSSR count). The number of hydrogen-bond donors (Lipinski definition) is 2. The van der Waals surface area contributed by atoms with Crippen molar-refractivity contribution in [2.24, 2.45) is 13.0 Å². The Bertz CT molecular complexity index is 1310. The first-order valence-electron chi connectivity index (χ1n) is 11.1. The van der Waals surface area contributed by atoms with E-state index in [9.17, 15) is 14.7 Å². The van der Waals surface area contributed by atoms with Gasteiger partial charge in [-0.15, -0.1) is 11.3 Å². The molecule has 0 fully saturated rings. The van der Waals surface area contributed by atoms with Crippen LogP contribution in [0.5, 0.6) is 0 Å². The predicted molar refractivity (Wildman–Crippen MR) is 133 cm³/mol. The molecule has 0 unspecified atom stereocenters. The van der Waals surface area contributed by atoms with E-state index in [0.717, 1.165) is 22.0 Å². The van der Waals surface area contributed by atoms with Gasteiger partial charge in [0.2, 0.25) is 0 Å². The highest BCUT2D eigenvalue weighted by Crippen LogP contribution is 2.39. The summed E-state index contributed by atoms with van der Waals surface area (Å²) in [5, 5.41) is 14.3. The fourth-order valence-corrected chi connectivity index (χ4v) is 5.08. The number of fused-ring (bicyclic) bond motifs is 1. The minimum atomic E-state index is -1.10. The maximum atomic E-state index is 12.6. The molecule has 2 aromatic heterocycles. The Hall–Kier alpha value is -3.65. The molecule has 4 aromatic rings. The minimum absolute atomic E-state index is 0.00966. The number of aromatic carboxylic acids is 1. The second-order valence-electron chi connectivity index (χ2n) is 8.59. The van der Waals surface area contributed by atoms with Crippen LogP contribution in [0.1, 0.15) is 47.4 Å². The Labute approximate surface area is 202 Å². The molecule has 0 aliphatic carbocycles. The number of benzene rings is 2. The molecule has 0 aliphatic rings. The summed E-state index contributed by atoms with van der Waals surface area (Å²) in [5.41, 5.74) is 2.70. The van der Waals surface area contributed by atoms with Crippen LogP contribution in [0.15, 0.2) is 60.8 Å². The molecule has 2 aromatic carbocycles. The number of carboxylic acid groups (broad SMARTS) is 1. The van der Waals surface area contributed by atoms with Crippen LogP contribution in [0, 0.1) is 5.92 Å². The number of para-hydroxylation sites is 1. The Morgan fingerprint density at radius 2 is 1.82 bits per heavy atom. The lowest BCUT2D eigenvalue weighted by Crippen LogP contribution is -2.30. The van der Waals surface area contributed by atoms with E-state index in [1.54, 1.807) is 0 Å². The maximum Gasteiger partial charge on any atom is 0.408 e. The average molecular weight is 478 g/mol. The number of ether oxygens (including phenoxy) is 1. The van der Waals surface area contributed by atoms with Crippen molar-refractivity contribution in [2.75, 3.05) is 0 Å². The van der Waals surface area contributed by atoms with Crippen molar-refractivity contribution in [3.63, 3.8) is 0 Å². The SMILES string of the molecule is CC(C)C[C@H](NC(=O)OCc1ccccc1)c1nc(C(=O)O)c(-c2cn(C)c3ccccc23)s1. The normalized spacial score (nSPS) is 12.1. The van der Waals surface area contributed by atoms with Gasteiger partial charge < -0.3 is 19.7 Å². The summed E-state index contributed by atoms with van der Waals surface area (Å²) in [5.74, 6) is -0.849. The van der Waals surface area contributed by atoms with Crippen molar-refractivity contribution in [2.45, 2.75) is 32.9 Å². The van der Waals surface area contributed by atoms with E-state index in [2.05, 4.69) is 10.3 Å². The smallest absolute Gasteiger partial charge is 0.408 e. The molecule has 1 amide bonds. The Kier molecular flexibility index (Phi) is 6.98. The molecule has 8 heteroatoms. The molecule has 0 saturated heterocycles. The standard InChI is InChI=1S/C26H27N3O4S/c1-16(2)13-20(27-26(32)33-15-17-9-5-4-6-10-17)24-28-22(25(30)31)23(34-24)19-14-29(3)21-12-8-7-11-18(19)21/h4-12,14,16,20H,13,15H2,1-3H3,(H,27,32)(H,30,31)/t20-/m0/s1. The summed E-state index contributed by atoms with van der Waals surface area (Å²) in [6.07, 6.45) is 1.96. The van der Waals surface area contributed by atoms with E-state index in [4.69, 9.17) is 4.74 Å². The predicted octanol–water partition coefficient (Wildman–Crippen LogP) is 6.01. The molecule has 2 N–H and O–H groups in total. The average Bonchev–Trinajstić information content (AvgIpc) is 3.40. The van der Waals surface area contributed by atoms with Crippen LogP contribution >= 0.6 is 11.3 Å². The number of carbonyl (C=O) groups excluding carboxylic acids is 1. The summed E-state index contributed by atoms with van der Waals surface area (Å²) in [6.45, 7) is 4.24. The van der Waals surface area contributed by atoms with Gasteiger partial charge in [0.05, 0.1) is 10.9 Å². The van der Waals surface area contributed by atoms with Gasteiger partial charge in [-0.25, -0.2) is 14.6 Å². The number of carboxylic acids is 1. The van der Waals surface area contributed by atoms with Gasteiger partial charge in [0.25, 0.3) is 0 Å². The number of alkyl carbamates (subject to hydrolysis) is 1. The lowest BCUT2D eigenvalue weighted by molar-refractivity contribution is 0.0692. The molecule has 1 atom stereocenters. The van der Waals surface area contributed by atoms with Gasteiger partial charge in [-0.05, 0) is 24.0 Å². The monoisotopic (exact) mass is 477 g/mol. The van der Waals surface area contributed by atoms with Crippen molar-refractivity contribution in [1.82, 2.24) is 14.9 Å². The number of carbonyl (C=O) groups is 2. The molecular formula is C26H27N3O4S. The molecule has 34 heavy (non-hydrogen) atoms. The Morgan fingerprint density at radius 3 is 2.53 bits per heavy atom. The first-order chi connectivity index (χ1) is 16.3. The van der Waals surface area contributed by atoms with Crippen LogP contribution < -0.4 is 5.32 Å². The zero-order valence-electron chi connectivity index (χ0n) is 19.3.